The summed E-state index contributed by atoms with van der Waals surface area (Å²) in [6.07, 6.45) is -2.44. The highest BCUT2D eigenvalue weighted by atomic mass is 32.2. The number of hydrogen-bond donors (Lipinski definition) is 3. The number of nitriles is 1. The van der Waals surface area contributed by atoms with Crippen molar-refractivity contribution in [2.75, 3.05) is 0 Å². The first-order chi connectivity index (χ1) is 12.2. The number of halogens is 4. The summed E-state index contributed by atoms with van der Waals surface area (Å²) < 4.78 is 59.7. The first-order valence-electron chi connectivity index (χ1n) is 6.99. The molecule has 136 valence electrons. The van der Waals surface area contributed by atoms with Gasteiger partial charge in [-0.2, -0.15) is 14.0 Å². The van der Waals surface area contributed by atoms with Crippen molar-refractivity contribution < 1.29 is 37.6 Å². The van der Waals surface area contributed by atoms with Gasteiger partial charge in [-0.05, 0) is 23.9 Å². The van der Waals surface area contributed by atoms with Crippen LogP contribution in [0, 0.1) is 17.1 Å². The van der Waals surface area contributed by atoms with Crippen molar-refractivity contribution >= 4 is 11.8 Å². The van der Waals surface area contributed by atoms with Gasteiger partial charge in [0.15, 0.2) is 17.6 Å². The molecule has 0 saturated carbocycles. The Morgan fingerprint density at radius 1 is 1.23 bits per heavy atom. The van der Waals surface area contributed by atoms with Gasteiger partial charge in [-0.3, -0.25) is 0 Å². The SMILES string of the molecule is N#Cc1cc(F)cc(Oc2c(O)c(O)c3c(c2CF)C(O)C(F)(F)S3)c1. The van der Waals surface area contributed by atoms with Gasteiger partial charge < -0.3 is 20.1 Å². The molecule has 2 aromatic rings. The van der Waals surface area contributed by atoms with Crippen LogP contribution in [0.2, 0.25) is 0 Å². The van der Waals surface area contributed by atoms with Crippen molar-refractivity contribution in [1.29, 1.82) is 5.26 Å². The van der Waals surface area contributed by atoms with Gasteiger partial charge in [-0.1, -0.05) is 0 Å². The number of aliphatic hydroxyl groups excluding tert-OH is 1. The van der Waals surface area contributed by atoms with Crippen molar-refractivity contribution in [3.05, 3.63) is 40.7 Å². The average Bonchev–Trinajstić information content (AvgIpc) is 2.83. The third kappa shape index (κ3) is 2.79. The second-order valence-electron chi connectivity index (χ2n) is 5.34. The number of alkyl halides is 3. The summed E-state index contributed by atoms with van der Waals surface area (Å²) in [5.41, 5.74) is -1.38. The van der Waals surface area contributed by atoms with Crippen LogP contribution in [-0.2, 0) is 6.67 Å². The molecule has 5 nitrogen and oxygen atoms in total. The zero-order chi connectivity index (χ0) is 19.2. The van der Waals surface area contributed by atoms with Crippen molar-refractivity contribution in [1.82, 2.24) is 0 Å². The smallest absolute Gasteiger partial charge is 0.327 e. The minimum absolute atomic E-state index is 0.145. The number of fused-ring (bicyclic) bond motifs is 1. The van der Waals surface area contributed by atoms with E-state index in [1.54, 1.807) is 6.07 Å². The van der Waals surface area contributed by atoms with Crippen LogP contribution in [-0.4, -0.2) is 20.6 Å². The number of rotatable bonds is 3. The van der Waals surface area contributed by atoms with Crippen LogP contribution in [0.15, 0.2) is 23.1 Å². The van der Waals surface area contributed by atoms with E-state index < -0.39 is 57.1 Å². The molecule has 1 atom stereocenters. The number of thioether (sulfide) groups is 1. The second-order valence-corrected chi connectivity index (χ2v) is 6.49. The Morgan fingerprint density at radius 3 is 2.54 bits per heavy atom. The molecule has 0 saturated heterocycles. The Labute approximate surface area is 148 Å². The van der Waals surface area contributed by atoms with Gasteiger partial charge in [0, 0.05) is 17.2 Å². The summed E-state index contributed by atoms with van der Waals surface area (Å²) >= 11 is -0.223. The van der Waals surface area contributed by atoms with Crippen LogP contribution >= 0.6 is 11.8 Å². The summed E-state index contributed by atoms with van der Waals surface area (Å²) in [6, 6.07) is 4.43. The fourth-order valence-corrected chi connectivity index (χ4v) is 3.58. The molecule has 3 rings (SSSR count). The molecule has 1 unspecified atom stereocenters. The maximum absolute atomic E-state index is 13.7. The third-order valence-corrected chi connectivity index (χ3v) is 4.79. The molecule has 0 spiro atoms. The topological polar surface area (TPSA) is 93.7 Å². The molecule has 0 aliphatic carbocycles. The van der Waals surface area contributed by atoms with Crippen LogP contribution in [0.3, 0.4) is 0 Å². The number of phenols is 2. The molecule has 2 aromatic carbocycles. The summed E-state index contributed by atoms with van der Waals surface area (Å²) in [5, 5.41) is 34.9. The zero-order valence-electron chi connectivity index (χ0n) is 12.6. The Kier molecular flexibility index (Phi) is 4.37. The third-order valence-electron chi connectivity index (χ3n) is 3.68. The molecule has 26 heavy (non-hydrogen) atoms. The first kappa shape index (κ1) is 18.2. The van der Waals surface area contributed by atoms with Crippen LogP contribution in [0.5, 0.6) is 23.0 Å². The van der Waals surface area contributed by atoms with Gasteiger partial charge in [-0.15, -0.1) is 0 Å². The Balaban J connectivity index is 2.18. The first-order valence-corrected chi connectivity index (χ1v) is 7.81. The number of hydrogen-bond acceptors (Lipinski definition) is 6. The fourth-order valence-electron chi connectivity index (χ4n) is 2.54. The number of benzene rings is 2. The molecule has 0 bridgehead atoms. The summed E-state index contributed by atoms with van der Waals surface area (Å²) in [4.78, 5) is -0.572. The van der Waals surface area contributed by atoms with E-state index in [4.69, 9.17) is 10.00 Å². The standard InChI is InChI=1S/C16H9F4NO4S/c17-4-9-10-14(26-16(19,20)15(10)24)12(23)11(22)13(9)25-8-2-6(5-21)1-7(18)3-8/h1-3,15,22-24H,4H2. The molecule has 1 aliphatic rings. The van der Waals surface area contributed by atoms with E-state index in [9.17, 15) is 32.9 Å². The highest BCUT2D eigenvalue weighted by Gasteiger charge is 2.52. The molecule has 0 aromatic heterocycles. The van der Waals surface area contributed by atoms with Crippen LogP contribution < -0.4 is 4.74 Å². The van der Waals surface area contributed by atoms with E-state index in [1.807, 2.05) is 0 Å². The lowest BCUT2D eigenvalue weighted by Gasteiger charge is -2.18. The Hall–Kier alpha value is -2.64. The van der Waals surface area contributed by atoms with E-state index in [0.717, 1.165) is 18.2 Å². The molecule has 1 aliphatic heterocycles. The van der Waals surface area contributed by atoms with Crippen LogP contribution in [0.1, 0.15) is 22.8 Å². The predicted octanol–water partition coefficient (Wildman–Crippen LogP) is 4.10. The Bertz CT molecular complexity index is 945. The Morgan fingerprint density at radius 2 is 1.92 bits per heavy atom. The number of nitrogens with zero attached hydrogens (tertiary/aromatic N) is 1. The number of phenolic OH excluding ortho intramolecular Hbond substituents is 2. The van der Waals surface area contributed by atoms with E-state index in [1.165, 1.54) is 0 Å². The lowest BCUT2D eigenvalue weighted by Crippen LogP contribution is -2.17. The quantitative estimate of drug-likeness (QED) is 0.542. The van der Waals surface area contributed by atoms with E-state index >= 15 is 0 Å². The summed E-state index contributed by atoms with van der Waals surface area (Å²) in [6.45, 7) is -1.42. The lowest BCUT2D eigenvalue weighted by molar-refractivity contribution is -0.0317. The molecule has 0 amide bonds. The minimum atomic E-state index is -3.75. The molecular formula is C16H9F4NO4S. The monoisotopic (exact) mass is 387 g/mol. The molecule has 0 radical (unpaired) electrons. The highest BCUT2D eigenvalue weighted by molar-refractivity contribution is 8.00. The molecule has 1 heterocycles. The zero-order valence-corrected chi connectivity index (χ0v) is 13.5. The molecule has 10 heteroatoms. The summed E-state index contributed by atoms with van der Waals surface area (Å²) in [7, 11) is 0. The minimum Gasteiger partial charge on any atom is -0.503 e. The van der Waals surface area contributed by atoms with Gasteiger partial charge in [0.2, 0.25) is 5.75 Å². The van der Waals surface area contributed by atoms with Crippen molar-refractivity contribution in [3.8, 4) is 29.1 Å². The maximum Gasteiger partial charge on any atom is 0.327 e. The van der Waals surface area contributed by atoms with Gasteiger partial charge in [0.25, 0.3) is 0 Å². The van der Waals surface area contributed by atoms with Gasteiger partial charge in [0.1, 0.15) is 18.2 Å². The largest absolute Gasteiger partial charge is 0.503 e. The number of ether oxygens (including phenoxy) is 1. The van der Waals surface area contributed by atoms with Crippen LogP contribution in [0.25, 0.3) is 0 Å². The number of aromatic hydroxyl groups is 2. The lowest BCUT2D eigenvalue weighted by atomic mass is 10.0. The molecule has 3 N–H and O–H groups in total. The average molecular weight is 387 g/mol. The highest BCUT2D eigenvalue weighted by Crippen LogP contribution is 2.62. The fraction of sp³-hybridized carbons (Fsp3) is 0.188. The van der Waals surface area contributed by atoms with Crippen LogP contribution in [0.4, 0.5) is 17.6 Å². The van der Waals surface area contributed by atoms with Gasteiger partial charge in [0.05, 0.1) is 16.5 Å². The van der Waals surface area contributed by atoms with E-state index in [-0.39, 0.29) is 23.1 Å². The second kappa shape index (κ2) is 6.26. The molecular weight excluding hydrogens is 378 g/mol. The normalized spacial score (nSPS) is 17.6. The van der Waals surface area contributed by atoms with Crippen molar-refractivity contribution in [3.63, 3.8) is 0 Å². The predicted molar refractivity (Wildman–Crippen MR) is 81.5 cm³/mol. The number of aliphatic hydroxyl groups is 1. The van der Waals surface area contributed by atoms with Gasteiger partial charge in [-0.25, -0.2) is 8.78 Å². The summed E-state index contributed by atoms with van der Waals surface area (Å²) in [5.74, 6) is -4.02. The molecule has 0 fully saturated rings. The van der Waals surface area contributed by atoms with Gasteiger partial charge >= 0.3 is 5.25 Å². The van der Waals surface area contributed by atoms with Crippen molar-refractivity contribution in [2.45, 2.75) is 22.9 Å². The maximum atomic E-state index is 13.7. The van der Waals surface area contributed by atoms with Crippen molar-refractivity contribution in [2.24, 2.45) is 0 Å². The van der Waals surface area contributed by atoms with E-state index in [2.05, 4.69) is 0 Å². The van der Waals surface area contributed by atoms with E-state index in [0.29, 0.717) is 0 Å².